The van der Waals surface area contributed by atoms with Gasteiger partial charge in [0.2, 0.25) is 5.91 Å². The number of benzene rings is 1. The predicted octanol–water partition coefficient (Wildman–Crippen LogP) is 3.10. The number of aliphatic hydroxyl groups is 1. The van der Waals surface area contributed by atoms with E-state index in [1.807, 2.05) is 25.1 Å². The quantitative estimate of drug-likeness (QED) is 0.653. The van der Waals surface area contributed by atoms with Gasteiger partial charge in [0.05, 0.1) is 18.9 Å². The van der Waals surface area contributed by atoms with Gasteiger partial charge in [-0.05, 0) is 30.5 Å². The Morgan fingerprint density at radius 1 is 1.30 bits per heavy atom. The molecule has 0 saturated heterocycles. The summed E-state index contributed by atoms with van der Waals surface area (Å²) in [5.74, 6) is 0.818. The van der Waals surface area contributed by atoms with E-state index in [0.717, 1.165) is 18.4 Å². The van der Waals surface area contributed by atoms with E-state index in [0.29, 0.717) is 23.9 Å². The molecule has 0 aromatic heterocycles. The molecule has 23 heavy (non-hydrogen) atoms. The molecule has 0 radical (unpaired) electrons. The maximum Gasteiger partial charge on any atom is 0.221 e. The maximum absolute atomic E-state index is 11.3. The molecule has 0 heterocycles. The van der Waals surface area contributed by atoms with E-state index in [-0.39, 0.29) is 18.1 Å². The van der Waals surface area contributed by atoms with Crippen LogP contribution in [0, 0.1) is 5.92 Å². The fraction of sp³-hybridized carbons (Fsp3) is 0.611. The first-order valence-electron chi connectivity index (χ1n) is 8.29. The molecular weight excluding hydrogens is 292 g/mol. The van der Waals surface area contributed by atoms with Crippen molar-refractivity contribution in [2.24, 2.45) is 5.92 Å². The number of aliphatic hydroxyl groups excluding tert-OH is 1. The molecule has 1 aromatic rings. The van der Waals surface area contributed by atoms with Gasteiger partial charge < -0.3 is 20.5 Å². The van der Waals surface area contributed by atoms with Crippen LogP contribution in [0.1, 0.15) is 52.1 Å². The molecular formula is C18H30N2O3. The molecule has 2 atom stereocenters. The number of rotatable bonds is 9. The standard InChI is InChI=1S/C18H30N2O3/c1-6-14(7-2)17(22)11-19-12(3)15-8-9-18(23-5)16(10-15)20-13(4)21/h8-10,12,14,17,19,22H,6-7,11H2,1-5H3,(H,20,21). The lowest BCUT2D eigenvalue weighted by Crippen LogP contribution is -2.34. The van der Waals surface area contributed by atoms with E-state index in [1.54, 1.807) is 7.11 Å². The van der Waals surface area contributed by atoms with Crippen molar-refractivity contribution in [1.29, 1.82) is 0 Å². The van der Waals surface area contributed by atoms with Gasteiger partial charge in [-0.1, -0.05) is 32.8 Å². The molecule has 0 aliphatic heterocycles. The van der Waals surface area contributed by atoms with E-state index in [1.165, 1.54) is 6.92 Å². The van der Waals surface area contributed by atoms with E-state index in [4.69, 9.17) is 4.74 Å². The van der Waals surface area contributed by atoms with Crippen molar-refractivity contribution >= 4 is 11.6 Å². The average Bonchev–Trinajstić information content (AvgIpc) is 2.53. The normalized spacial score (nSPS) is 13.7. The SMILES string of the molecule is CCC(CC)C(O)CNC(C)c1ccc(OC)c(NC(C)=O)c1. The molecule has 2 unspecified atom stereocenters. The van der Waals surface area contributed by atoms with E-state index in [2.05, 4.69) is 24.5 Å². The molecule has 0 spiro atoms. The Morgan fingerprint density at radius 2 is 1.96 bits per heavy atom. The molecule has 1 aromatic carbocycles. The van der Waals surface area contributed by atoms with Crippen molar-refractivity contribution in [3.05, 3.63) is 23.8 Å². The van der Waals surface area contributed by atoms with Gasteiger partial charge in [0.1, 0.15) is 5.75 Å². The van der Waals surface area contributed by atoms with E-state index < -0.39 is 0 Å². The van der Waals surface area contributed by atoms with Gasteiger partial charge in [-0.25, -0.2) is 0 Å². The van der Waals surface area contributed by atoms with Crippen LogP contribution in [0.2, 0.25) is 0 Å². The van der Waals surface area contributed by atoms with Crippen LogP contribution in [0.25, 0.3) is 0 Å². The van der Waals surface area contributed by atoms with E-state index >= 15 is 0 Å². The number of methoxy groups -OCH3 is 1. The van der Waals surface area contributed by atoms with E-state index in [9.17, 15) is 9.90 Å². The summed E-state index contributed by atoms with van der Waals surface area (Å²) in [4.78, 5) is 11.3. The highest BCUT2D eigenvalue weighted by Crippen LogP contribution is 2.28. The molecule has 0 aliphatic rings. The summed E-state index contributed by atoms with van der Waals surface area (Å²) in [6.07, 6.45) is 1.60. The van der Waals surface area contributed by atoms with Gasteiger partial charge in [0, 0.05) is 19.5 Å². The maximum atomic E-state index is 11.3. The van der Waals surface area contributed by atoms with Crippen molar-refractivity contribution in [3.8, 4) is 5.75 Å². The molecule has 0 bridgehead atoms. The Labute approximate surface area is 139 Å². The Morgan fingerprint density at radius 3 is 2.48 bits per heavy atom. The van der Waals surface area contributed by atoms with Crippen LogP contribution in [0.3, 0.4) is 0 Å². The minimum Gasteiger partial charge on any atom is -0.495 e. The largest absolute Gasteiger partial charge is 0.495 e. The first kappa shape index (κ1) is 19.5. The third kappa shape index (κ3) is 5.84. The second-order valence-electron chi connectivity index (χ2n) is 5.91. The van der Waals surface area contributed by atoms with Crippen LogP contribution in [-0.2, 0) is 4.79 Å². The van der Waals surface area contributed by atoms with Crippen LogP contribution in [0.15, 0.2) is 18.2 Å². The van der Waals surface area contributed by atoms with Crippen LogP contribution >= 0.6 is 0 Å². The number of amides is 1. The Kier molecular flexibility index (Phi) is 8.06. The summed E-state index contributed by atoms with van der Waals surface area (Å²) in [5, 5.41) is 16.4. The number of anilines is 1. The van der Waals surface area contributed by atoms with Crippen molar-refractivity contribution in [3.63, 3.8) is 0 Å². The Balaban J connectivity index is 2.75. The molecule has 130 valence electrons. The molecule has 3 N–H and O–H groups in total. The molecule has 0 aliphatic carbocycles. The van der Waals surface area contributed by atoms with Crippen molar-refractivity contribution in [2.45, 2.75) is 52.7 Å². The number of nitrogens with one attached hydrogen (secondary N) is 2. The summed E-state index contributed by atoms with van der Waals surface area (Å²) in [7, 11) is 1.58. The third-order valence-electron chi connectivity index (χ3n) is 4.26. The minimum atomic E-state index is -0.347. The highest BCUT2D eigenvalue weighted by Gasteiger charge is 2.17. The third-order valence-corrected chi connectivity index (χ3v) is 4.26. The topological polar surface area (TPSA) is 70.6 Å². The summed E-state index contributed by atoms with van der Waals surface area (Å²) in [5.41, 5.74) is 1.69. The van der Waals surface area contributed by atoms with Gasteiger partial charge >= 0.3 is 0 Å². The van der Waals surface area contributed by atoms with Crippen molar-refractivity contribution in [1.82, 2.24) is 5.32 Å². The molecule has 0 fully saturated rings. The van der Waals surface area contributed by atoms with Gasteiger partial charge in [0.25, 0.3) is 0 Å². The van der Waals surface area contributed by atoms with Crippen LogP contribution in [0.4, 0.5) is 5.69 Å². The van der Waals surface area contributed by atoms with Crippen molar-refractivity contribution < 1.29 is 14.6 Å². The molecule has 5 heteroatoms. The zero-order valence-corrected chi connectivity index (χ0v) is 14.8. The number of ether oxygens (including phenoxy) is 1. The van der Waals surface area contributed by atoms with Gasteiger partial charge in [-0.15, -0.1) is 0 Å². The fourth-order valence-electron chi connectivity index (χ4n) is 2.70. The highest BCUT2D eigenvalue weighted by molar-refractivity contribution is 5.90. The monoisotopic (exact) mass is 322 g/mol. The number of carbonyl (C=O) groups excluding carboxylic acids is 1. The fourth-order valence-corrected chi connectivity index (χ4v) is 2.70. The van der Waals surface area contributed by atoms with Gasteiger partial charge in [-0.2, -0.15) is 0 Å². The average molecular weight is 322 g/mol. The molecule has 5 nitrogen and oxygen atoms in total. The minimum absolute atomic E-state index is 0.0671. The first-order valence-corrected chi connectivity index (χ1v) is 8.29. The number of hydrogen-bond acceptors (Lipinski definition) is 4. The van der Waals surface area contributed by atoms with Crippen LogP contribution in [0.5, 0.6) is 5.75 Å². The second kappa shape index (κ2) is 9.53. The zero-order chi connectivity index (χ0) is 17.4. The number of hydrogen-bond donors (Lipinski definition) is 3. The van der Waals surface area contributed by atoms with Crippen molar-refractivity contribution in [2.75, 3.05) is 19.0 Å². The van der Waals surface area contributed by atoms with Crippen LogP contribution < -0.4 is 15.4 Å². The Hall–Kier alpha value is -1.59. The summed E-state index contributed by atoms with van der Waals surface area (Å²) < 4.78 is 5.26. The van der Waals surface area contributed by atoms with Crippen LogP contribution in [-0.4, -0.2) is 30.8 Å². The second-order valence-corrected chi connectivity index (χ2v) is 5.91. The zero-order valence-electron chi connectivity index (χ0n) is 14.8. The number of carbonyl (C=O) groups is 1. The summed E-state index contributed by atoms with van der Waals surface area (Å²) in [6, 6.07) is 5.78. The molecule has 1 rings (SSSR count). The van der Waals surface area contributed by atoms with Gasteiger partial charge in [-0.3, -0.25) is 4.79 Å². The lowest BCUT2D eigenvalue weighted by molar-refractivity contribution is -0.114. The predicted molar refractivity (Wildman–Crippen MR) is 93.8 cm³/mol. The smallest absolute Gasteiger partial charge is 0.221 e. The molecule has 0 saturated carbocycles. The molecule has 1 amide bonds. The summed E-state index contributed by atoms with van der Waals surface area (Å²) >= 11 is 0. The van der Waals surface area contributed by atoms with Gasteiger partial charge in [0.15, 0.2) is 0 Å². The lowest BCUT2D eigenvalue weighted by Gasteiger charge is -2.23. The lowest BCUT2D eigenvalue weighted by atomic mass is 9.96. The Bertz CT molecular complexity index is 501. The highest BCUT2D eigenvalue weighted by atomic mass is 16.5. The first-order chi connectivity index (χ1) is 10.9. The summed E-state index contributed by atoms with van der Waals surface area (Å²) in [6.45, 7) is 8.27.